The van der Waals surface area contributed by atoms with Crippen LogP contribution in [0.2, 0.25) is 0 Å². The highest BCUT2D eigenvalue weighted by Crippen LogP contribution is 2.58. The maximum absolute atomic E-state index is 10.4. The molecular weight excluding hydrogens is 264 g/mol. The predicted octanol–water partition coefficient (Wildman–Crippen LogP) is 2.49. The standard InChI is InChI=1S/C18H22O3/c1-18-7-6-13-12-5-3-11(19)8-10(12)2-4-14(13)15(18)9-16(20)17(18)21/h3,5-6,8,14-17,19-21H,2,4,7,9H2,1H3. The fourth-order valence-corrected chi connectivity index (χ4v) is 4.96. The number of aliphatic hydroxyl groups excluding tert-OH is 2. The van der Waals surface area contributed by atoms with Gasteiger partial charge in [0.1, 0.15) is 5.75 Å². The van der Waals surface area contributed by atoms with Gasteiger partial charge in [-0.2, -0.15) is 0 Å². The quantitative estimate of drug-likeness (QED) is 0.686. The molecular formula is C18H22O3. The minimum absolute atomic E-state index is 0.192. The summed E-state index contributed by atoms with van der Waals surface area (Å²) in [5.74, 6) is 1.11. The Kier molecular flexibility index (Phi) is 2.76. The van der Waals surface area contributed by atoms with Gasteiger partial charge in [0.2, 0.25) is 0 Å². The highest BCUT2D eigenvalue weighted by Gasteiger charge is 2.55. The van der Waals surface area contributed by atoms with E-state index >= 15 is 0 Å². The second kappa shape index (κ2) is 4.34. The molecule has 0 bridgehead atoms. The summed E-state index contributed by atoms with van der Waals surface area (Å²) < 4.78 is 0. The van der Waals surface area contributed by atoms with Gasteiger partial charge < -0.3 is 15.3 Å². The predicted molar refractivity (Wildman–Crippen MR) is 80.7 cm³/mol. The van der Waals surface area contributed by atoms with Crippen LogP contribution < -0.4 is 0 Å². The Morgan fingerprint density at radius 1 is 1.24 bits per heavy atom. The molecule has 3 heteroatoms. The van der Waals surface area contributed by atoms with Gasteiger partial charge in [0.05, 0.1) is 12.2 Å². The van der Waals surface area contributed by atoms with E-state index in [1.807, 2.05) is 12.1 Å². The number of phenols is 1. The molecule has 3 N–H and O–H groups in total. The summed E-state index contributed by atoms with van der Waals surface area (Å²) in [7, 11) is 0. The molecule has 112 valence electrons. The molecule has 0 heterocycles. The highest BCUT2D eigenvalue weighted by molar-refractivity contribution is 5.73. The third kappa shape index (κ3) is 1.74. The van der Waals surface area contributed by atoms with Gasteiger partial charge in [-0.05, 0) is 66.4 Å². The smallest absolute Gasteiger partial charge is 0.115 e. The van der Waals surface area contributed by atoms with Crippen molar-refractivity contribution in [2.75, 3.05) is 0 Å². The van der Waals surface area contributed by atoms with Gasteiger partial charge in [-0.1, -0.05) is 19.1 Å². The first kappa shape index (κ1) is 13.4. The van der Waals surface area contributed by atoms with E-state index in [1.54, 1.807) is 6.07 Å². The van der Waals surface area contributed by atoms with Crippen molar-refractivity contribution in [1.29, 1.82) is 0 Å². The molecule has 5 unspecified atom stereocenters. The number of benzene rings is 1. The zero-order chi connectivity index (χ0) is 14.8. The summed E-state index contributed by atoms with van der Waals surface area (Å²) in [6.45, 7) is 2.12. The zero-order valence-electron chi connectivity index (χ0n) is 12.3. The van der Waals surface area contributed by atoms with Crippen molar-refractivity contribution >= 4 is 5.57 Å². The molecule has 0 spiro atoms. The number of rotatable bonds is 0. The highest BCUT2D eigenvalue weighted by atomic mass is 16.3. The van der Waals surface area contributed by atoms with Gasteiger partial charge in [-0.25, -0.2) is 0 Å². The lowest BCUT2D eigenvalue weighted by Gasteiger charge is -2.45. The van der Waals surface area contributed by atoms with Crippen LogP contribution >= 0.6 is 0 Å². The molecule has 0 amide bonds. The number of aliphatic hydroxyl groups is 2. The lowest BCUT2D eigenvalue weighted by Crippen LogP contribution is -2.41. The van der Waals surface area contributed by atoms with Gasteiger partial charge in [0.15, 0.2) is 0 Å². The first-order valence-electron chi connectivity index (χ1n) is 7.89. The van der Waals surface area contributed by atoms with Gasteiger partial charge >= 0.3 is 0 Å². The summed E-state index contributed by atoms with van der Waals surface area (Å²) >= 11 is 0. The van der Waals surface area contributed by atoms with Crippen molar-refractivity contribution < 1.29 is 15.3 Å². The molecule has 1 fully saturated rings. The molecule has 0 radical (unpaired) electrons. The monoisotopic (exact) mass is 286 g/mol. The van der Waals surface area contributed by atoms with Crippen molar-refractivity contribution in [3.05, 3.63) is 35.4 Å². The maximum atomic E-state index is 10.4. The molecule has 21 heavy (non-hydrogen) atoms. The molecule has 3 nitrogen and oxygen atoms in total. The summed E-state index contributed by atoms with van der Waals surface area (Å²) in [6, 6.07) is 5.65. The van der Waals surface area contributed by atoms with E-state index in [4.69, 9.17) is 0 Å². The Hall–Kier alpha value is -1.32. The van der Waals surface area contributed by atoms with Crippen LogP contribution in [0.15, 0.2) is 24.3 Å². The third-order valence-corrected chi connectivity index (χ3v) is 6.15. The van der Waals surface area contributed by atoms with Crippen molar-refractivity contribution in [3.63, 3.8) is 0 Å². The fourth-order valence-electron chi connectivity index (χ4n) is 4.96. The molecule has 5 atom stereocenters. The third-order valence-electron chi connectivity index (χ3n) is 6.15. The Morgan fingerprint density at radius 2 is 2.05 bits per heavy atom. The van der Waals surface area contributed by atoms with Gasteiger partial charge in [-0.15, -0.1) is 0 Å². The molecule has 3 aliphatic carbocycles. The van der Waals surface area contributed by atoms with Crippen molar-refractivity contribution in [2.45, 2.75) is 44.8 Å². The molecule has 1 aromatic rings. The number of fused-ring (bicyclic) bond motifs is 5. The van der Waals surface area contributed by atoms with Crippen molar-refractivity contribution in [2.24, 2.45) is 17.3 Å². The van der Waals surface area contributed by atoms with Crippen LogP contribution in [0.5, 0.6) is 5.75 Å². The van der Waals surface area contributed by atoms with Crippen LogP contribution in [-0.4, -0.2) is 27.5 Å². The second-order valence-corrected chi connectivity index (χ2v) is 7.21. The van der Waals surface area contributed by atoms with E-state index in [-0.39, 0.29) is 5.41 Å². The zero-order valence-corrected chi connectivity index (χ0v) is 12.3. The summed E-state index contributed by atoms with van der Waals surface area (Å²) in [6.07, 6.45) is 4.59. The molecule has 4 rings (SSSR count). The second-order valence-electron chi connectivity index (χ2n) is 7.21. The average molecular weight is 286 g/mol. The summed E-state index contributed by atoms with van der Waals surface area (Å²) in [5.41, 5.74) is 3.64. The lowest BCUT2D eigenvalue weighted by molar-refractivity contribution is -0.0259. The minimum atomic E-state index is -0.610. The lowest BCUT2D eigenvalue weighted by atomic mass is 9.60. The Bertz CT molecular complexity index is 621. The number of phenolic OH excluding ortho intramolecular Hbond substituents is 1. The van der Waals surface area contributed by atoms with Crippen molar-refractivity contribution in [3.8, 4) is 5.75 Å². The van der Waals surface area contributed by atoms with E-state index in [9.17, 15) is 15.3 Å². The first-order valence-corrected chi connectivity index (χ1v) is 7.89. The molecule has 0 aromatic heterocycles. The van der Waals surface area contributed by atoms with Gasteiger partial charge in [-0.3, -0.25) is 0 Å². The number of hydrogen-bond acceptors (Lipinski definition) is 3. The molecule has 0 aliphatic heterocycles. The van der Waals surface area contributed by atoms with E-state index in [0.29, 0.717) is 24.0 Å². The number of allylic oxidation sites excluding steroid dienone is 2. The number of hydrogen-bond donors (Lipinski definition) is 3. The molecule has 1 saturated carbocycles. The Morgan fingerprint density at radius 3 is 2.86 bits per heavy atom. The normalized spacial score (nSPS) is 41.0. The van der Waals surface area contributed by atoms with E-state index in [2.05, 4.69) is 13.0 Å². The van der Waals surface area contributed by atoms with Crippen LogP contribution in [0.25, 0.3) is 5.57 Å². The van der Waals surface area contributed by atoms with Gasteiger partial charge in [0.25, 0.3) is 0 Å². The summed E-state index contributed by atoms with van der Waals surface area (Å²) in [4.78, 5) is 0. The fraction of sp³-hybridized carbons (Fsp3) is 0.556. The molecule has 3 aliphatic rings. The molecule has 0 saturated heterocycles. The number of aryl methyl sites for hydroxylation is 1. The topological polar surface area (TPSA) is 60.7 Å². The summed E-state index contributed by atoms with van der Waals surface area (Å²) in [5, 5.41) is 30.1. The van der Waals surface area contributed by atoms with Crippen LogP contribution in [0.1, 0.15) is 37.3 Å². The van der Waals surface area contributed by atoms with Crippen LogP contribution in [0, 0.1) is 17.3 Å². The van der Waals surface area contributed by atoms with Crippen LogP contribution in [0.4, 0.5) is 0 Å². The Balaban J connectivity index is 1.78. The van der Waals surface area contributed by atoms with Crippen LogP contribution in [-0.2, 0) is 6.42 Å². The van der Waals surface area contributed by atoms with Gasteiger partial charge in [0, 0.05) is 5.41 Å². The van der Waals surface area contributed by atoms with E-state index in [0.717, 1.165) is 19.3 Å². The average Bonchev–Trinajstić information content (AvgIpc) is 2.70. The number of aromatic hydroxyl groups is 1. The van der Waals surface area contributed by atoms with Crippen molar-refractivity contribution in [1.82, 2.24) is 0 Å². The van der Waals surface area contributed by atoms with E-state index in [1.165, 1.54) is 16.7 Å². The first-order chi connectivity index (χ1) is 10.0. The molecule has 1 aromatic carbocycles. The largest absolute Gasteiger partial charge is 0.508 e. The minimum Gasteiger partial charge on any atom is -0.508 e. The Labute approximate surface area is 124 Å². The van der Waals surface area contributed by atoms with E-state index < -0.39 is 12.2 Å². The SMILES string of the molecule is CC12CC=C3c4ccc(O)cc4CCC3C1CC(O)C2O. The maximum Gasteiger partial charge on any atom is 0.115 e. The van der Waals surface area contributed by atoms with Crippen LogP contribution in [0.3, 0.4) is 0 Å².